The van der Waals surface area contributed by atoms with Crippen molar-refractivity contribution in [1.82, 2.24) is 20.0 Å². The molecule has 5 rings (SSSR count). The first-order valence-corrected chi connectivity index (χ1v) is 9.58. The van der Waals surface area contributed by atoms with Crippen LogP contribution in [0.3, 0.4) is 0 Å². The molecule has 0 bridgehead atoms. The van der Waals surface area contributed by atoms with Crippen LogP contribution in [-0.4, -0.2) is 51.5 Å². The lowest BCUT2D eigenvalue weighted by Gasteiger charge is -2.38. The zero-order chi connectivity index (χ0) is 19.8. The Hall–Kier alpha value is -3.55. The minimum atomic E-state index is -0.310. The van der Waals surface area contributed by atoms with Crippen molar-refractivity contribution < 1.29 is 14.1 Å². The van der Waals surface area contributed by atoms with Crippen molar-refractivity contribution in [2.24, 2.45) is 5.92 Å². The van der Waals surface area contributed by atoms with Gasteiger partial charge in [-0.25, -0.2) is 0 Å². The average molecular weight is 389 g/mol. The van der Waals surface area contributed by atoms with Crippen LogP contribution in [0.15, 0.2) is 59.3 Å². The predicted octanol–water partition coefficient (Wildman–Crippen LogP) is 2.11. The molecule has 8 heteroatoms. The minimum absolute atomic E-state index is 0.0106. The number of carbonyl (C=O) groups excluding carboxylic acids is 2. The lowest BCUT2D eigenvalue weighted by molar-refractivity contribution is -0.140. The smallest absolute Gasteiger partial charge is 0.233 e. The monoisotopic (exact) mass is 389 g/mol. The van der Waals surface area contributed by atoms with Gasteiger partial charge >= 0.3 is 0 Å². The van der Waals surface area contributed by atoms with E-state index in [4.69, 9.17) is 4.52 Å². The van der Waals surface area contributed by atoms with E-state index < -0.39 is 0 Å². The number of carbonyl (C=O) groups is 2. The molecule has 1 aromatic carbocycles. The van der Waals surface area contributed by atoms with Gasteiger partial charge in [0.15, 0.2) is 0 Å². The first-order valence-electron chi connectivity index (χ1n) is 9.58. The van der Waals surface area contributed by atoms with Gasteiger partial charge in [0.05, 0.1) is 11.8 Å². The molecule has 2 aromatic heterocycles. The van der Waals surface area contributed by atoms with E-state index in [0.29, 0.717) is 37.0 Å². The van der Waals surface area contributed by atoms with E-state index in [1.54, 1.807) is 16.0 Å². The molecule has 2 amide bonds. The average Bonchev–Trinajstić information content (AvgIpc) is 3.35. The van der Waals surface area contributed by atoms with Crippen LogP contribution in [0.2, 0.25) is 0 Å². The zero-order valence-electron chi connectivity index (χ0n) is 15.6. The van der Waals surface area contributed by atoms with Crippen LogP contribution in [0.25, 0.3) is 11.5 Å². The molecule has 146 valence electrons. The molecule has 8 nitrogen and oxygen atoms in total. The second kappa shape index (κ2) is 7.12. The molecule has 0 N–H and O–H groups in total. The molecular weight excluding hydrogens is 370 g/mol. The quantitative estimate of drug-likeness (QED) is 0.679. The summed E-state index contributed by atoms with van der Waals surface area (Å²) < 4.78 is 5.37. The van der Waals surface area contributed by atoms with Crippen molar-refractivity contribution in [3.05, 3.63) is 60.6 Å². The van der Waals surface area contributed by atoms with Crippen molar-refractivity contribution in [2.45, 2.75) is 12.3 Å². The lowest BCUT2D eigenvalue weighted by atomic mass is 9.96. The molecule has 2 fully saturated rings. The number of amides is 2. The van der Waals surface area contributed by atoms with Gasteiger partial charge in [0.2, 0.25) is 23.5 Å². The van der Waals surface area contributed by atoms with Gasteiger partial charge in [-0.05, 0) is 24.3 Å². The Morgan fingerprint density at radius 3 is 2.59 bits per heavy atom. The molecule has 0 radical (unpaired) electrons. The van der Waals surface area contributed by atoms with Gasteiger partial charge in [-0.15, -0.1) is 0 Å². The summed E-state index contributed by atoms with van der Waals surface area (Å²) in [6, 6.07) is 15.0. The maximum atomic E-state index is 12.8. The first-order chi connectivity index (χ1) is 14.2. The molecule has 0 aliphatic carbocycles. The first kappa shape index (κ1) is 17.5. The fourth-order valence-electron chi connectivity index (χ4n) is 3.80. The summed E-state index contributed by atoms with van der Waals surface area (Å²) in [5.41, 5.74) is 1.49. The number of aromatic nitrogens is 3. The number of likely N-dealkylation sites (tertiary alicyclic amines) is 1. The summed E-state index contributed by atoms with van der Waals surface area (Å²) in [7, 11) is 0. The summed E-state index contributed by atoms with van der Waals surface area (Å²) in [5, 5.41) is 3.99. The lowest BCUT2D eigenvalue weighted by Crippen LogP contribution is -2.51. The van der Waals surface area contributed by atoms with Crippen LogP contribution in [0, 0.1) is 5.92 Å². The van der Waals surface area contributed by atoms with Crippen LogP contribution in [0.1, 0.15) is 18.2 Å². The number of para-hydroxylation sites is 1. The van der Waals surface area contributed by atoms with Gasteiger partial charge < -0.3 is 14.3 Å². The summed E-state index contributed by atoms with van der Waals surface area (Å²) in [4.78, 5) is 37.3. The molecule has 29 heavy (non-hydrogen) atoms. The Balaban J connectivity index is 1.20. The van der Waals surface area contributed by atoms with E-state index in [1.807, 2.05) is 48.5 Å². The summed E-state index contributed by atoms with van der Waals surface area (Å²) in [5.74, 6) is 0.677. The van der Waals surface area contributed by atoms with Gasteiger partial charge in [-0.2, -0.15) is 4.98 Å². The topological polar surface area (TPSA) is 92.4 Å². The van der Waals surface area contributed by atoms with Crippen LogP contribution in [0.4, 0.5) is 5.69 Å². The largest absolute Gasteiger partial charge is 0.341 e. The van der Waals surface area contributed by atoms with Gasteiger partial charge in [0.25, 0.3) is 0 Å². The molecule has 0 saturated carbocycles. The van der Waals surface area contributed by atoms with Gasteiger partial charge in [-0.1, -0.05) is 29.4 Å². The number of benzene rings is 1. The second-order valence-corrected chi connectivity index (χ2v) is 7.35. The van der Waals surface area contributed by atoms with Crippen LogP contribution >= 0.6 is 0 Å². The highest BCUT2D eigenvalue weighted by atomic mass is 16.5. The highest BCUT2D eigenvalue weighted by molar-refractivity contribution is 6.00. The van der Waals surface area contributed by atoms with Crippen LogP contribution < -0.4 is 4.90 Å². The SMILES string of the molecule is O=C(C1CC(=O)N(c2ccccc2)C1)N1CC(c2nc(-c3ccccn3)no2)C1. The van der Waals surface area contributed by atoms with Crippen molar-refractivity contribution in [1.29, 1.82) is 0 Å². The van der Waals surface area contributed by atoms with Crippen molar-refractivity contribution >= 4 is 17.5 Å². The van der Waals surface area contributed by atoms with Crippen LogP contribution in [-0.2, 0) is 9.59 Å². The number of hydrogen-bond acceptors (Lipinski definition) is 6. The van der Waals surface area contributed by atoms with E-state index >= 15 is 0 Å². The number of pyridine rings is 1. The van der Waals surface area contributed by atoms with E-state index in [1.165, 1.54) is 0 Å². The normalized spacial score (nSPS) is 19.4. The fraction of sp³-hybridized carbons (Fsp3) is 0.286. The summed E-state index contributed by atoms with van der Waals surface area (Å²) in [6.07, 6.45) is 1.93. The highest BCUT2D eigenvalue weighted by Crippen LogP contribution is 2.32. The van der Waals surface area contributed by atoms with Gasteiger partial charge in [0.1, 0.15) is 5.69 Å². The summed E-state index contributed by atoms with van der Waals surface area (Å²) in [6.45, 7) is 1.48. The van der Waals surface area contributed by atoms with E-state index in [0.717, 1.165) is 5.69 Å². The van der Waals surface area contributed by atoms with E-state index in [-0.39, 0.29) is 30.1 Å². The zero-order valence-corrected chi connectivity index (χ0v) is 15.6. The van der Waals surface area contributed by atoms with Gasteiger partial charge in [0, 0.05) is 37.9 Å². The standard InChI is InChI=1S/C21H19N5O3/c27-18-10-14(13-26(18)16-6-2-1-3-7-16)21(28)25-11-15(12-25)20-23-19(24-29-20)17-8-4-5-9-22-17/h1-9,14-15H,10-13H2. The Bertz CT molecular complexity index is 1030. The number of hydrogen-bond donors (Lipinski definition) is 0. The third-order valence-corrected chi connectivity index (χ3v) is 5.42. The Labute approximate surface area is 167 Å². The number of anilines is 1. The minimum Gasteiger partial charge on any atom is -0.341 e. The third kappa shape index (κ3) is 3.26. The summed E-state index contributed by atoms with van der Waals surface area (Å²) >= 11 is 0. The Morgan fingerprint density at radius 1 is 1.03 bits per heavy atom. The van der Waals surface area contributed by atoms with Crippen molar-refractivity contribution in [3.63, 3.8) is 0 Å². The number of nitrogens with zero attached hydrogens (tertiary/aromatic N) is 5. The van der Waals surface area contributed by atoms with E-state index in [2.05, 4.69) is 15.1 Å². The third-order valence-electron chi connectivity index (χ3n) is 5.42. The van der Waals surface area contributed by atoms with Crippen LogP contribution in [0.5, 0.6) is 0 Å². The molecule has 1 atom stereocenters. The van der Waals surface area contributed by atoms with Gasteiger partial charge in [-0.3, -0.25) is 14.6 Å². The maximum absolute atomic E-state index is 12.8. The maximum Gasteiger partial charge on any atom is 0.233 e. The second-order valence-electron chi connectivity index (χ2n) is 7.35. The number of rotatable bonds is 4. The van der Waals surface area contributed by atoms with E-state index in [9.17, 15) is 9.59 Å². The molecule has 0 spiro atoms. The predicted molar refractivity (Wildman–Crippen MR) is 104 cm³/mol. The molecule has 2 saturated heterocycles. The van der Waals surface area contributed by atoms with Crippen molar-refractivity contribution in [3.8, 4) is 11.5 Å². The fourth-order valence-corrected chi connectivity index (χ4v) is 3.80. The Kier molecular flexibility index (Phi) is 4.31. The Morgan fingerprint density at radius 2 is 1.83 bits per heavy atom. The molecule has 2 aliphatic rings. The van der Waals surface area contributed by atoms with Crippen molar-refractivity contribution in [2.75, 3.05) is 24.5 Å². The molecule has 3 aromatic rings. The molecular formula is C21H19N5O3. The highest BCUT2D eigenvalue weighted by Gasteiger charge is 2.42. The molecule has 2 aliphatic heterocycles. The molecule has 1 unspecified atom stereocenters. The molecule has 4 heterocycles.